The SMILES string of the molecule is CCCC1CCCC[C@H]1C. The van der Waals surface area contributed by atoms with Crippen LogP contribution in [0.25, 0.3) is 0 Å². The summed E-state index contributed by atoms with van der Waals surface area (Å²) >= 11 is 0. The summed E-state index contributed by atoms with van der Waals surface area (Å²) in [5.74, 6) is 2.09. The zero-order valence-electron chi connectivity index (χ0n) is 7.40. The van der Waals surface area contributed by atoms with Crippen molar-refractivity contribution in [3.05, 3.63) is 0 Å². The van der Waals surface area contributed by atoms with Gasteiger partial charge in [-0.2, -0.15) is 0 Å². The predicted molar refractivity (Wildman–Crippen MR) is 46.0 cm³/mol. The fourth-order valence-corrected chi connectivity index (χ4v) is 2.19. The van der Waals surface area contributed by atoms with Crippen molar-refractivity contribution >= 4 is 0 Å². The molecule has 0 bridgehead atoms. The zero-order chi connectivity index (χ0) is 7.40. The van der Waals surface area contributed by atoms with E-state index in [9.17, 15) is 0 Å². The minimum absolute atomic E-state index is 1.02. The molecule has 0 nitrogen and oxygen atoms in total. The first-order valence-electron chi connectivity index (χ1n) is 4.84. The molecule has 0 aromatic heterocycles. The van der Waals surface area contributed by atoms with Crippen molar-refractivity contribution in [2.45, 2.75) is 52.4 Å². The first kappa shape index (κ1) is 8.10. The Morgan fingerprint density at radius 1 is 1.20 bits per heavy atom. The average molecular weight is 140 g/mol. The Bertz CT molecular complexity index is 84.0. The van der Waals surface area contributed by atoms with Gasteiger partial charge in [-0.1, -0.05) is 52.4 Å². The van der Waals surface area contributed by atoms with Gasteiger partial charge in [0.05, 0.1) is 0 Å². The largest absolute Gasteiger partial charge is 0.0654 e. The van der Waals surface area contributed by atoms with E-state index in [0.717, 1.165) is 11.8 Å². The van der Waals surface area contributed by atoms with Crippen molar-refractivity contribution < 1.29 is 0 Å². The highest BCUT2D eigenvalue weighted by atomic mass is 14.2. The molecule has 0 N–H and O–H groups in total. The third-order valence-corrected chi connectivity index (χ3v) is 2.95. The van der Waals surface area contributed by atoms with E-state index < -0.39 is 0 Å². The molecule has 0 spiro atoms. The molecule has 0 aromatic rings. The summed E-state index contributed by atoms with van der Waals surface area (Å²) in [6.07, 6.45) is 8.84. The minimum atomic E-state index is 1.02. The number of hydrogen-bond acceptors (Lipinski definition) is 0. The van der Waals surface area contributed by atoms with Gasteiger partial charge in [-0.05, 0) is 11.8 Å². The minimum Gasteiger partial charge on any atom is -0.0654 e. The first-order valence-corrected chi connectivity index (χ1v) is 4.84. The zero-order valence-corrected chi connectivity index (χ0v) is 7.40. The van der Waals surface area contributed by atoms with Crippen LogP contribution in [-0.2, 0) is 0 Å². The van der Waals surface area contributed by atoms with Crippen molar-refractivity contribution in [1.82, 2.24) is 0 Å². The highest BCUT2D eigenvalue weighted by molar-refractivity contribution is 4.71. The molecule has 0 aromatic carbocycles. The summed E-state index contributed by atoms with van der Waals surface area (Å²) in [5.41, 5.74) is 0. The second kappa shape index (κ2) is 4.00. The van der Waals surface area contributed by atoms with Crippen LogP contribution in [0.3, 0.4) is 0 Å². The molecular weight excluding hydrogens is 120 g/mol. The maximum atomic E-state index is 2.43. The molecule has 0 saturated heterocycles. The van der Waals surface area contributed by atoms with Crippen molar-refractivity contribution in [3.63, 3.8) is 0 Å². The average Bonchev–Trinajstić information content (AvgIpc) is 1.94. The molecular formula is C10H20. The van der Waals surface area contributed by atoms with Crippen LogP contribution in [0.15, 0.2) is 0 Å². The number of hydrogen-bond donors (Lipinski definition) is 0. The van der Waals surface area contributed by atoms with Crippen LogP contribution in [0.5, 0.6) is 0 Å². The smallest absolute Gasteiger partial charge is 0.0389 e. The Kier molecular flexibility index (Phi) is 3.24. The molecule has 0 heterocycles. The fourth-order valence-electron chi connectivity index (χ4n) is 2.19. The van der Waals surface area contributed by atoms with Crippen molar-refractivity contribution in [1.29, 1.82) is 0 Å². The molecule has 1 aliphatic rings. The van der Waals surface area contributed by atoms with E-state index in [1.165, 1.54) is 38.5 Å². The van der Waals surface area contributed by atoms with Gasteiger partial charge in [0, 0.05) is 0 Å². The summed E-state index contributed by atoms with van der Waals surface area (Å²) in [6.45, 7) is 4.74. The molecule has 0 radical (unpaired) electrons. The van der Waals surface area contributed by atoms with E-state index in [1.54, 1.807) is 0 Å². The van der Waals surface area contributed by atoms with E-state index in [2.05, 4.69) is 13.8 Å². The van der Waals surface area contributed by atoms with Gasteiger partial charge >= 0.3 is 0 Å². The second-order valence-electron chi connectivity index (χ2n) is 3.81. The highest BCUT2D eigenvalue weighted by Crippen LogP contribution is 2.32. The predicted octanol–water partition coefficient (Wildman–Crippen LogP) is 3.61. The van der Waals surface area contributed by atoms with Gasteiger partial charge in [-0.25, -0.2) is 0 Å². The van der Waals surface area contributed by atoms with Gasteiger partial charge < -0.3 is 0 Å². The molecule has 1 saturated carbocycles. The lowest BCUT2D eigenvalue weighted by Crippen LogP contribution is -2.15. The molecule has 60 valence electrons. The van der Waals surface area contributed by atoms with E-state index in [4.69, 9.17) is 0 Å². The molecule has 1 aliphatic carbocycles. The lowest BCUT2D eigenvalue weighted by molar-refractivity contribution is 0.240. The molecule has 1 unspecified atom stereocenters. The second-order valence-corrected chi connectivity index (χ2v) is 3.81. The van der Waals surface area contributed by atoms with E-state index in [1.807, 2.05) is 0 Å². The van der Waals surface area contributed by atoms with Crippen LogP contribution in [-0.4, -0.2) is 0 Å². The third-order valence-electron chi connectivity index (χ3n) is 2.95. The van der Waals surface area contributed by atoms with E-state index >= 15 is 0 Å². The molecule has 2 atom stereocenters. The summed E-state index contributed by atoms with van der Waals surface area (Å²) in [4.78, 5) is 0. The first-order chi connectivity index (χ1) is 4.84. The Morgan fingerprint density at radius 2 is 1.90 bits per heavy atom. The standard InChI is InChI=1S/C10H20/c1-3-6-10-8-5-4-7-9(10)2/h9-10H,3-8H2,1-2H3/t9-,10?/m1/s1. The van der Waals surface area contributed by atoms with Gasteiger partial charge in [-0.3, -0.25) is 0 Å². The molecule has 1 fully saturated rings. The molecule has 1 rings (SSSR count). The van der Waals surface area contributed by atoms with E-state index in [-0.39, 0.29) is 0 Å². The van der Waals surface area contributed by atoms with Crippen molar-refractivity contribution in [2.75, 3.05) is 0 Å². The molecule has 0 heteroatoms. The maximum Gasteiger partial charge on any atom is -0.0389 e. The van der Waals surface area contributed by atoms with E-state index in [0.29, 0.717) is 0 Å². The highest BCUT2D eigenvalue weighted by Gasteiger charge is 2.19. The third kappa shape index (κ3) is 2.00. The monoisotopic (exact) mass is 140 g/mol. The van der Waals surface area contributed by atoms with Gasteiger partial charge in [-0.15, -0.1) is 0 Å². The summed E-state index contributed by atoms with van der Waals surface area (Å²) in [6, 6.07) is 0. The summed E-state index contributed by atoms with van der Waals surface area (Å²) < 4.78 is 0. The van der Waals surface area contributed by atoms with Crippen molar-refractivity contribution in [3.8, 4) is 0 Å². The topological polar surface area (TPSA) is 0 Å². The molecule has 10 heavy (non-hydrogen) atoms. The van der Waals surface area contributed by atoms with Crippen LogP contribution >= 0.6 is 0 Å². The van der Waals surface area contributed by atoms with Gasteiger partial charge in [0.1, 0.15) is 0 Å². The quantitative estimate of drug-likeness (QED) is 0.549. The van der Waals surface area contributed by atoms with Gasteiger partial charge in [0.15, 0.2) is 0 Å². The van der Waals surface area contributed by atoms with Gasteiger partial charge in [0.25, 0.3) is 0 Å². The Morgan fingerprint density at radius 3 is 2.50 bits per heavy atom. The van der Waals surface area contributed by atoms with Gasteiger partial charge in [0.2, 0.25) is 0 Å². The van der Waals surface area contributed by atoms with Crippen molar-refractivity contribution in [2.24, 2.45) is 11.8 Å². The maximum absolute atomic E-state index is 2.43. The molecule has 0 amide bonds. The number of rotatable bonds is 2. The van der Waals surface area contributed by atoms with Crippen LogP contribution in [0, 0.1) is 11.8 Å². The van der Waals surface area contributed by atoms with Crippen LogP contribution < -0.4 is 0 Å². The van der Waals surface area contributed by atoms with Crippen LogP contribution in [0.4, 0.5) is 0 Å². The van der Waals surface area contributed by atoms with Crippen LogP contribution in [0.1, 0.15) is 52.4 Å². The Labute approximate surface area is 65.0 Å². The Hall–Kier alpha value is 0. The lowest BCUT2D eigenvalue weighted by Gasteiger charge is -2.28. The summed E-state index contributed by atoms with van der Waals surface area (Å²) in [5, 5.41) is 0. The molecule has 0 aliphatic heterocycles. The Balaban J connectivity index is 2.25. The normalized spacial score (nSPS) is 34.2. The lowest BCUT2D eigenvalue weighted by atomic mass is 9.78. The van der Waals surface area contributed by atoms with Crippen LogP contribution in [0.2, 0.25) is 0 Å². The fraction of sp³-hybridized carbons (Fsp3) is 1.00. The summed E-state index contributed by atoms with van der Waals surface area (Å²) in [7, 11) is 0.